The normalized spacial score (nSPS) is 19.5. The largest absolute Gasteiger partial charge is 0.492 e. The van der Waals surface area contributed by atoms with E-state index in [-0.39, 0.29) is 0 Å². The molecule has 0 amide bonds. The highest BCUT2D eigenvalue weighted by molar-refractivity contribution is 5.61. The van der Waals surface area contributed by atoms with E-state index in [0.717, 1.165) is 23.9 Å². The van der Waals surface area contributed by atoms with E-state index in [0.29, 0.717) is 18.3 Å². The highest BCUT2D eigenvalue weighted by Gasteiger charge is 2.23. The summed E-state index contributed by atoms with van der Waals surface area (Å²) in [6.45, 7) is 10.6. The van der Waals surface area contributed by atoms with Gasteiger partial charge in [-0.25, -0.2) is 0 Å². The van der Waals surface area contributed by atoms with Crippen LogP contribution in [0, 0.1) is 5.92 Å². The fourth-order valence-electron chi connectivity index (χ4n) is 2.69. The number of ether oxygens (including phenoxy) is 1. The molecule has 1 fully saturated rings. The van der Waals surface area contributed by atoms with Crippen molar-refractivity contribution in [1.29, 1.82) is 0 Å². The molecule has 0 radical (unpaired) electrons. The summed E-state index contributed by atoms with van der Waals surface area (Å²) in [4.78, 5) is 2.54. The Morgan fingerprint density at radius 2 is 2.25 bits per heavy atom. The van der Waals surface area contributed by atoms with Crippen molar-refractivity contribution < 1.29 is 4.74 Å². The predicted octanol–water partition coefficient (Wildman–Crippen LogP) is 2.81. The van der Waals surface area contributed by atoms with Gasteiger partial charge in [0, 0.05) is 30.9 Å². The molecule has 1 aliphatic heterocycles. The molecule has 0 bridgehead atoms. The Morgan fingerprint density at radius 3 is 2.90 bits per heavy atom. The number of benzene rings is 1. The van der Waals surface area contributed by atoms with E-state index < -0.39 is 0 Å². The summed E-state index contributed by atoms with van der Waals surface area (Å²) in [5, 5.41) is 3.51. The highest BCUT2D eigenvalue weighted by Crippen LogP contribution is 2.26. The molecule has 2 rings (SSSR count). The van der Waals surface area contributed by atoms with E-state index in [2.05, 4.69) is 24.1 Å². The number of nitrogen functional groups attached to an aromatic ring is 1. The van der Waals surface area contributed by atoms with Crippen molar-refractivity contribution in [1.82, 2.24) is 4.90 Å². The van der Waals surface area contributed by atoms with Gasteiger partial charge in [0.25, 0.3) is 0 Å². The Balaban J connectivity index is 1.87. The molecule has 1 heterocycles. The summed E-state index contributed by atoms with van der Waals surface area (Å²) < 4.78 is 5.52. The first-order valence-electron chi connectivity index (χ1n) is 7.60. The summed E-state index contributed by atoms with van der Waals surface area (Å²) >= 11 is 0. The van der Waals surface area contributed by atoms with Gasteiger partial charge in [0.1, 0.15) is 5.75 Å². The second kappa shape index (κ2) is 6.84. The Morgan fingerprint density at radius 1 is 1.45 bits per heavy atom. The van der Waals surface area contributed by atoms with Gasteiger partial charge in [0.05, 0.1) is 12.3 Å². The molecule has 1 aromatic carbocycles. The first-order chi connectivity index (χ1) is 9.60. The van der Waals surface area contributed by atoms with Crippen LogP contribution >= 0.6 is 0 Å². The van der Waals surface area contributed by atoms with Gasteiger partial charge in [-0.1, -0.05) is 0 Å². The van der Waals surface area contributed by atoms with E-state index in [1.807, 2.05) is 25.1 Å². The fraction of sp³-hybridized carbons (Fsp3) is 0.625. The van der Waals surface area contributed by atoms with E-state index >= 15 is 0 Å². The summed E-state index contributed by atoms with van der Waals surface area (Å²) in [5.41, 5.74) is 7.67. The maximum atomic E-state index is 5.89. The lowest BCUT2D eigenvalue weighted by Crippen LogP contribution is -2.29. The number of hydrogen-bond donors (Lipinski definition) is 2. The number of nitrogens with two attached hydrogens (primary N) is 1. The Kier molecular flexibility index (Phi) is 5.12. The fourth-order valence-corrected chi connectivity index (χ4v) is 2.69. The van der Waals surface area contributed by atoms with Crippen LogP contribution in [-0.2, 0) is 0 Å². The average molecular weight is 277 g/mol. The molecule has 0 saturated carbocycles. The smallest absolute Gasteiger partial charge is 0.144 e. The number of rotatable bonds is 6. The minimum atomic E-state index is 0.639. The van der Waals surface area contributed by atoms with Crippen LogP contribution in [0.25, 0.3) is 0 Å². The number of likely N-dealkylation sites (tertiary alicyclic amines) is 1. The van der Waals surface area contributed by atoms with Gasteiger partial charge in [-0.05, 0) is 51.8 Å². The molecule has 4 heteroatoms. The van der Waals surface area contributed by atoms with Gasteiger partial charge in [-0.3, -0.25) is 0 Å². The molecule has 1 unspecified atom stereocenters. The SMILES string of the molecule is CCOc1cc(NCC2CCN(C(C)C)C2)ccc1N. The second-order valence-corrected chi connectivity index (χ2v) is 5.81. The monoisotopic (exact) mass is 277 g/mol. The van der Waals surface area contributed by atoms with E-state index in [1.165, 1.54) is 19.5 Å². The zero-order valence-electron chi connectivity index (χ0n) is 12.9. The van der Waals surface area contributed by atoms with Crippen LogP contribution in [0.15, 0.2) is 18.2 Å². The number of anilines is 2. The number of nitrogens with zero attached hydrogens (tertiary/aromatic N) is 1. The van der Waals surface area contributed by atoms with Crippen LogP contribution < -0.4 is 15.8 Å². The minimum absolute atomic E-state index is 0.639. The highest BCUT2D eigenvalue weighted by atomic mass is 16.5. The standard InChI is InChI=1S/C16H27N3O/c1-4-20-16-9-14(5-6-15(16)17)18-10-13-7-8-19(11-13)12(2)3/h5-6,9,12-13,18H,4,7-8,10-11,17H2,1-3H3. The van der Waals surface area contributed by atoms with Crippen LogP contribution in [0.4, 0.5) is 11.4 Å². The van der Waals surface area contributed by atoms with Crippen LogP contribution in [0.1, 0.15) is 27.2 Å². The van der Waals surface area contributed by atoms with Crippen LogP contribution in [0.5, 0.6) is 5.75 Å². The second-order valence-electron chi connectivity index (χ2n) is 5.81. The molecule has 4 nitrogen and oxygen atoms in total. The molecule has 1 saturated heterocycles. The lowest BCUT2D eigenvalue weighted by molar-refractivity contribution is 0.266. The zero-order valence-corrected chi connectivity index (χ0v) is 12.9. The first-order valence-corrected chi connectivity index (χ1v) is 7.60. The van der Waals surface area contributed by atoms with Crippen LogP contribution in [-0.4, -0.2) is 37.2 Å². The molecular formula is C16H27N3O. The summed E-state index contributed by atoms with van der Waals surface area (Å²) in [6, 6.07) is 6.57. The maximum absolute atomic E-state index is 5.89. The van der Waals surface area contributed by atoms with Crippen molar-refractivity contribution in [2.75, 3.05) is 37.3 Å². The molecule has 1 aliphatic rings. The van der Waals surface area contributed by atoms with Crippen molar-refractivity contribution in [3.8, 4) is 5.75 Å². The van der Waals surface area contributed by atoms with Gasteiger partial charge < -0.3 is 20.7 Å². The molecule has 3 N–H and O–H groups in total. The van der Waals surface area contributed by atoms with Crippen LogP contribution in [0.2, 0.25) is 0 Å². The van der Waals surface area contributed by atoms with Gasteiger partial charge in [-0.15, -0.1) is 0 Å². The van der Waals surface area contributed by atoms with E-state index in [1.54, 1.807) is 0 Å². The van der Waals surface area contributed by atoms with Crippen molar-refractivity contribution in [2.24, 2.45) is 5.92 Å². The third-order valence-corrected chi connectivity index (χ3v) is 3.96. The Bertz CT molecular complexity index is 434. The number of hydrogen-bond acceptors (Lipinski definition) is 4. The van der Waals surface area contributed by atoms with Crippen molar-refractivity contribution in [3.05, 3.63) is 18.2 Å². The minimum Gasteiger partial charge on any atom is -0.492 e. The molecule has 1 aromatic rings. The predicted molar refractivity (Wildman–Crippen MR) is 85.3 cm³/mol. The number of nitrogens with one attached hydrogen (secondary N) is 1. The Hall–Kier alpha value is -1.42. The molecule has 0 aromatic heterocycles. The molecule has 0 aliphatic carbocycles. The van der Waals surface area contributed by atoms with Crippen molar-refractivity contribution in [3.63, 3.8) is 0 Å². The Labute approximate surface area is 122 Å². The van der Waals surface area contributed by atoms with E-state index in [9.17, 15) is 0 Å². The molecule has 1 atom stereocenters. The lowest BCUT2D eigenvalue weighted by atomic mass is 10.1. The molecular weight excluding hydrogens is 250 g/mol. The van der Waals surface area contributed by atoms with Crippen molar-refractivity contribution >= 4 is 11.4 Å². The van der Waals surface area contributed by atoms with Crippen LogP contribution in [0.3, 0.4) is 0 Å². The third-order valence-electron chi connectivity index (χ3n) is 3.96. The van der Waals surface area contributed by atoms with Gasteiger partial charge in [-0.2, -0.15) is 0 Å². The average Bonchev–Trinajstić information content (AvgIpc) is 2.89. The molecule has 20 heavy (non-hydrogen) atoms. The van der Waals surface area contributed by atoms with Gasteiger partial charge in [0.2, 0.25) is 0 Å². The first kappa shape index (κ1) is 15.0. The van der Waals surface area contributed by atoms with Gasteiger partial charge >= 0.3 is 0 Å². The molecule has 112 valence electrons. The van der Waals surface area contributed by atoms with E-state index in [4.69, 9.17) is 10.5 Å². The quantitative estimate of drug-likeness (QED) is 0.785. The third kappa shape index (κ3) is 3.79. The van der Waals surface area contributed by atoms with Crippen molar-refractivity contribution in [2.45, 2.75) is 33.2 Å². The maximum Gasteiger partial charge on any atom is 0.144 e. The summed E-state index contributed by atoms with van der Waals surface area (Å²) in [5.74, 6) is 1.50. The summed E-state index contributed by atoms with van der Waals surface area (Å²) in [7, 11) is 0. The zero-order chi connectivity index (χ0) is 14.5. The summed E-state index contributed by atoms with van der Waals surface area (Å²) in [6.07, 6.45) is 1.28. The van der Waals surface area contributed by atoms with Gasteiger partial charge in [0.15, 0.2) is 0 Å². The molecule has 0 spiro atoms. The lowest BCUT2D eigenvalue weighted by Gasteiger charge is -2.20. The topological polar surface area (TPSA) is 50.5 Å².